The lowest BCUT2D eigenvalue weighted by Crippen LogP contribution is -2.15. The van der Waals surface area contributed by atoms with Crippen LogP contribution in [0.4, 0.5) is 13.2 Å². The van der Waals surface area contributed by atoms with Gasteiger partial charge in [-0.25, -0.2) is 0 Å². The molecular formula is C13H14F3N3O. The molecule has 1 atom stereocenters. The second kappa shape index (κ2) is 5.24. The Morgan fingerprint density at radius 1 is 1.40 bits per heavy atom. The fourth-order valence-corrected chi connectivity index (χ4v) is 2.08. The number of hydrogen-bond acceptors (Lipinski definition) is 3. The molecule has 1 unspecified atom stereocenters. The highest BCUT2D eigenvalue weighted by molar-refractivity contribution is 5.33. The molecule has 0 saturated heterocycles. The van der Waals surface area contributed by atoms with Crippen LogP contribution in [0.5, 0.6) is 0 Å². The summed E-state index contributed by atoms with van der Waals surface area (Å²) in [6, 6.07) is 2.43. The maximum Gasteiger partial charge on any atom is 0.416 e. The van der Waals surface area contributed by atoms with Gasteiger partial charge in [-0.2, -0.15) is 18.3 Å². The van der Waals surface area contributed by atoms with E-state index in [0.717, 1.165) is 18.5 Å². The summed E-state index contributed by atoms with van der Waals surface area (Å²) in [5.74, 6) is 0. The molecule has 0 amide bonds. The molecule has 0 saturated carbocycles. The van der Waals surface area contributed by atoms with Crippen molar-refractivity contribution in [3.8, 4) is 0 Å². The predicted molar refractivity (Wildman–Crippen MR) is 65.9 cm³/mol. The molecule has 2 heterocycles. The Morgan fingerprint density at radius 2 is 2.10 bits per heavy atom. The summed E-state index contributed by atoms with van der Waals surface area (Å²) in [5, 5.41) is 14.4. The Hall–Kier alpha value is -1.89. The summed E-state index contributed by atoms with van der Waals surface area (Å²) in [4.78, 5) is 3.68. The zero-order valence-electron chi connectivity index (χ0n) is 11.0. The van der Waals surface area contributed by atoms with Gasteiger partial charge in [-0.05, 0) is 26.0 Å². The van der Waals surface area contributed by atoms with E-state index in [1.165, 1.54) is 4.68 Å². The molecule has 108 valence electrons. The van der Waals surface area contributed by atoms with Crippen molar-refractivity contribution in [3.05, 3.63) is 47.0 Å². The second-order valence-corrected chi connectivity index (χ2v) is 4.39. The first-order valence-electron chi connectivity index (χ1n) is 6.08. The SMILES string of the molecule is CCn1nc(C)cc1C(O)c1cnccc1C(F)(F)F. The Morgan fingerprint density at radius 3 is 2.70 bits per heavy atom. The van der Waals surface area contributed by atoms with E-state index in [9.17, 15) is 18.3 Å². The Bertz CT molecular complexity index is 607. The minimum atomic E-state index is -4.54. The molecule has 2 aromatic rings. The van der Waals surface area contributed by atoms with Crippen LogP contribution >= 0.6 is 0 Å². The average Bonchev–Trinajstić information content (AvgIpc) is 2.78. The third-order valence-corrected chi connectivity index (χ3v) is 2.96. The number of rotatable bonds is 3. The van der Waals surface area contributed by atoms with Crippen molar-refractivity contribution < 1.29 is 18.3 Å². The van der Waals surface area contributed by atoms with Crippen molar-refractivity contribution in [2.24, 2.45) is 0 Å². The van der Waals surface area contributed by atoms with E-state index in [0.29, 0.717) is 17.9 Å². The normalized spacial score (nSPS) is 13.5. The maximum absolute atomic E-state index is 13.0. The zero-order valence-corrected chi connectivity index (χ0v) is 11.0. The molecule has 0 fully saturated rings. The van der Waals surface area contributed by atoms with Gasteiger partial charge in [0, 0.05) is 24.5 Å². The van der Waals surface area contributed by atoms with Crippen LogP contribution in [0, 0.1) is 6.92 Å². The second-order valence-electron chi connectivity index (χ2n) is 4.39. The van der Waals surface area contributed by atoms with Crippen LogP contribution in [-0.2, 0) is 12.7 Å². The lowest BCUT2D eigenvalue weighted by molar-refractivity contribution is -0.139. The summed E-state index contributed by atoms with van der Waals surface area (Å²) in [6.07, 6.45) is -3.86. The molecule has 2 rings (SSSR count). The molecule has 0 aliphatic rings. The largest absolute Gasteiger partial charge is 0.416 e. The Labute approximate surface area is 113 Å². The number of aliphatic hydroxyl groups is 1. The van der Waals surface area contributed by atoms with E-state index in [4.69, 9.17) is 0 Å². The molecule has 0 aliphatic carbocycles. The van der Waals surface area contributed by atoms with Gasteiger partial charge < -0.3 is 5.11 Å². The molecule has 4 nitrogen and oxygen atoms in total. The fourth-order valence-electron chi connectivity index (χ4n) is 2.08. The van der Waals surface area contributed by atoms with Gasteiger partial charge >= 0.3 is 6.18 Å². The number of hydrogen-bond donors (Lipinski definition) is 1. The fraction of sp³-hybridized carbons (Fsp3) is 0.385. The molecular weight excluding hydrogens is 271 g/mol. The highest BCUT2D eigenvalue weighted by Crippen LogP contribution is 2.36. The number of pyridine rings is 1. The number of nitrogens with zero attached hydrogens (tertiary/aromatic N) is 3. The van der Waals surface area contributed by atoms with Gasteiger partial charge in [0.05, 0.1) is 17.0 Å². The van der Waals surface area contributed by atoms with E-state index < -0.39 is 17.8 Å². The number of aliphatic hydroxyl groups excluding tert-OH is 1. The van der Waals surface area contributed by atoms with Gasteiger partial charge in [0.25, 0.3) is 0 Å². The Balaban J connectivity index is 2.51. The van der Waals surface area contributed by atoms with Gasteiger partial charge in [-0.1, -0.05) is 0 Å². The quantitative estimate of drug-likeness (QED) is 0.943. The summed E-state index contributed by atoms with van der Waals surface area (Å²) < 4.78 is 40.3. The lowest BCUT2D eigenvalue weighted by Gasteiger charge is -2.17. The van der Waals surface area contributed by atoms with Crippen molar-refractivity contribution in [2.75, 3.05) is 0 Å². The Kier molecular flexibility index (Phi) is 3.80. The van der Waals surface area contributed by atoms with Gasteiger partial charge in [0.2, 0.25) is 0 Å². The highest BCUT2D eigenvalue weighted by Gasteiger charge is 2.35. The van der Waals surface area contributed by atoms with Crippen molar-refractivity contribution in [1.82, 2.24) is 14.8 Å². The summed E-state index contributed by atoms with van der Waals surface area (Å²) in [5.41, 5.74) is -0.196. The molecule has 0 radical (unpaired) electrons. The van der Waals surface area contributed by atoms with E-state index in [-0.39, 0.29) is 5.56 Å². The monoisotopic (exact) mass is 285 g/mol. The van der Waals surface area contributed by atoms with E-state index in [1.54, 1.807) is 19.9 Å². The van der Waals surface area contributed by atoms with Crippen LogP contribution in [0.25, 0.3) is 0 Å². The molecule has 0 aliphatic heterocycles. The van der Waals surface area contributed by atoms with E-state index in [2.05, 4.69) is 10.1 Å². The first-order chi connectivity index (χ1) is 9.34. The van der Waals surface area contributed by atoms with Gasteiger partial charge in [-0.15, -0.1) is 0 Å². The summed E-state index contributed by atoms with van der Waals surface area (Å²) >= 11 is 0. The van der Waals surface area contributed by atoms with Crippen molar-refractivity contribution in [3.63, 3.8) is 0 Å². The van der Waals surface area contributed by atoms with Gasteiger partial charge in [0.1, 0.15) is 6.10 Å². The van der Waals surface area contributed by atoms with Crippen molar-refractivity contribution in [2.45, 2.75) is 32.7 Å². The zero-order chi connectivity index (χ0) is 14.9. The highest BCUT2D eigenvalue weighted by atomic mass is 19.4. The van der Waals surface area contributed by atoms with Crippen LogP contribution in [0.15, 0.2) is 24.5 Å². The molecule has 0 spiro atoms. The molecule has 0 aromatic carbocycles. The van der Waals surface area contributed by atoms with Gasteiger partial charge in [-0.3, -0.25) is 9.67 Å². The van der Waals surface area contributed by atoms with Crippen LogP contribution < -0.4 is 0 Å². The standard InChI is InChI=1S/C13H14F3N3O/c1-3-19-11(6-8(2)18-19)12(20)9-7-17-5-4-10(9)13(14,15)16/h4-7,12,20H,3H2,1-2H3. The average molecular weight is 285 g/mol. The maximum atomic E-state index is 13.0. The lowest BCUT2D eigenvalue weighted by atomic mass is 10.0. The van der Waals surface area contributed by atoms with Crippen LogP contribution in [0.1, 0.15) is 35.5 Å². The third kappa shape index (κ3) is 2.67. The molecule has 7 heteroatoms. The minimum absolute atomic E-state index is 0.269. The van der Waals surface area contributed by atoms with Crippen LogP contribution in [0.3, 0.4) is 0 Å². The molecule has 2 aromatic heterocycles. The van der Waals surface area contributed by atoms with Crippen LogP contribution in [0.2, 0.25) is 0 Å². The molecule has 1 N–H and O–H groups in total. The topological polar surface area (TPSA) is 50.9 Å². The molecule has 0 bridgehead atoms. The molecule has 20 heavy (non-hydrogen) atoms. The first kappa shape index (κ1) is 14.5. The summed E-state index contributed by atoms with van der Waals surface area (Å²) in [7, 11) is 0. The number of alkyl halides is 3. The van der Waals surface area contributed by atoms with Crippen LogP contribution in [-0.4, -0.2) is 19.9 Å². The van der Waals surface area contributed by atoms with E-state index >= 15 is 0 Å². The van der Waals surface area contributed by atoms with Gasteiger partial charge in [0.15, 0.2) is 0 Å². The number of aryl methyl sites for hydroxylation is 2. The number of halogens is 3. The minimum Gasteiger partial charge on any atom is -0.382 e. The van der Waals surface area contributed by atoms with Crippen molar-refractivity contribution >= 4 is 0 Å². The van der Waals surface area contributed by atoms with Crippen molar-refractivity contribution in [1.29, 1.82) is 0 Å². The summed E-state index contributed by atoms with van der Waals surface area (Å²) in [6.45, 7) is 3.98. The number of aromatic nitrogens is 3. The first-order valence-corrected chi connectivity index (χ1v) is 6.08. The third-order valence-electron chi connectivity index (χ3n) is 2.96. The van der Waals surface area contributed by atoms with E-state index in [1.807, 2.05) is 0 Å². The smallest absolute Gasteiger partial charge is 0.382 e. The predicted octanol–water partition coefficient (Wildman–Crippen LogP) is 2.71.